The van der Waals surface area contributed by atoms with Gasteiger partial charge in [-0.3, -0.25) is 0 Å². The highest BCUT2D eigenvalue weighted by Gasteiger charge is 2.62. The Hall–Kier alpha value is -2.58. The molecule has 3 aromatic rings. The van der Waals surface area contributed by atoms with E-state index < -0.39 is 30.7 Å². The molecule has 1 saturated heterocycles. The number of fused-ring (bicyclic) bond motifs is 2. The van der Waals surface area contributed by atoms with Gasteiger partial charge in [0.05, 0.1) is 32.5 Å². The fourth-order valence-corrected chi connectivity index (χ4v) is 7.66. The Balaban J connectivity index is 1.25. The molecule has 3 fully saturated rings. The number of benzene rings is 3. The van der Waals surface area contributed by atoms with Gasteiger partial charge in [0, 0.05) is 0 Å². The van der Waals surface area contributed by atoms with E-state index >= 15 is 0 Å². The number of ether oxygens (including phenoxy) is 5. The molecule has 0 unspecified atom stereocenters. The predicted molar refractivity (Wildman–Crippen MR) is 165 cm³/mol. The van der Waals surface area contributed by atoms with Crippen molar-refractivity contribution in [2.24, 2.45) is 16.7 Å². The van der Waals surface area contributed by atoms with E-state index in [0.29, 0.717) is 25.7 Å². The largest absolute Gasteiger partial charge is 0.385 e. The standard InChI is InChI=1S/C37H46O6/c1-36(2)29-19-20-37(3,21-29)35(36)43-34-31(38)33(41-24-28-17-11-6-12-18-28)32(40-23-27-15-9-5-10-16-27)30(42-34)25-39-22-26-13-7-4-8-14-26/h4-18,29-35,38H,19-25H2,1-3H3/t29-,30+,31+,32+,33+,34-,35-,37+/m0/s1. The SMILES string of the molecule is CC1(C)[C@H]2CC[C@](C)(C2)[C@H]1O[C@@H]1O[C@H](COCc2ccccc2)[C@@H](OCc2ccccc2)[C@H](OCc2ccccc2)[C@H]1O. The van der Waals surface area contributed by atoms with Gasteiger partial charge in [-0.25, -0.2) is 0 Å². The lowest BCUT2D eigenvalue weighted by Gasteiger charge is -2.49. The van der Waals surface area contributed by atoms with Crippen LogP contribution in [-0.2, 0) is 43.5 Å². The van der Waals surface area contributed by atoms with Gasteiger partial charge in [0.1, 0.15) is 24.4 Å². The molecule has 8 atom stereocenters. The molecule has 230 valence electrons. The normalized spacial score (nSPS) is 33.1. The van der Waals surface area contributed by atoms with Gasteiger partial charge in [0.15, 0.2) is 6.29 Å². The molecule has 3 aromatic carbocycles. The van der Waals surface area contributed by atoms with E-state index in [4.69, 9.17) is 23.7 Å². The van der Waals surface area contributed by atoms with E-state index in [1.165, 1.54) is 6.42 Å². The Labute approximate surface area is 256 Å². The van der Waals surface area contributed by atoms with E-state index in [1.807, 2.05) is 91.0 Å². The molecule has 6 heteroatoms. The van der Waals surface area contributed by atoms with Crippen LogP contribution < -0.4 is 0 Å². The first-order valence-electron chi connectivity index (χ1n) is 15.8. The third kappa shape index (κ3) is 6.75. The number of aliphatic hydroxyl groups is 1. The molecule has 2 aliphatic carbocycles. The van der Waals surface area contributed by atoms with Crippen molar-refractivity contribution in [3.05, 3.63) is 108 Å². The molecule has 2 saturated carbocycles. The van der Waals surface area contributed by atoms with Crippen LogP contribution in [0.25, 0.3) is 0 Å². The van der Waals surface area contributed by atoms with E-state index in [0.717, 1.165) is 29.5 Å². The molecule has 1 aliphatic heterocycles. The monoisotopic (exact) mass is 586 g/mol. The van der Waals surface area contributed by atoms with E-state index in [1.54, 1.807) is 0 Å². The summed E-state index contributed by atoms with van der Waals surface area (Å²) in [4.78, 5) is 0. The van der Waals surface area contributed by atoms with Crippen LogP contribution in [0.3, 0.4) is 0 Å². The molecule has 1 heterocycles. The summed E-state index contributed by atoms with van der Waals surface area (Å²) >= 11 is 0. The molecule has 1 N–H and O–H groups in total. The lowest BCUT2D eigenvalue weighted by Crippen LogP contribution is -2.62. The van der Waals surface area contributed by atoms with Crippen molar-refractivity contribution in [3.63, 3.8) is 0 Å². The summed E-state index contributed by atoms with van der Waals surface area (Å²) in [6.45, 7) is 8.37. The van der Waals surface area contributed by atoms with Gasteiger partial charge in [-0.15, -0.1) is 0 Å². The Morgan fingerprint density at radius 2 is 1.28 bits per heavy atom. The number of rotatable bonds is 12. The van der Waals surface area contributed by atoms with Crippen LogP contribution in [0.2, 0.25) is 0 Å². The van der Waals surface area contributed by atoms with Gasteiger partial charge in [-0.1, -0.05) is 112 Å². The Morgan fingerprint density at radius 3 is 1.81 bits per heavy atom. The zero-order valence-corrected chi connectivity index (χ0v) is 25.6. The van der Waals surface area contributed by atoms with E-state index in [-0.39, 0.29) is 23.5 Å². The lowest BCUT2D eigenvalue weighted by atomic mass is 9.70. The Bertz CT molecular complexity index is 1280. The fourth-order valence-electron chi connectivity index (χ4n) is 7.66. The summed E-state index contributed by atoms with van der Waals surface area (Å²) in [6.07, 6.45) is -0.164. The minimum atomic E-state index is -1.03. The zero-order chi connectivity index (χ0) is 29.9. The van der Waals surface area contributed by atoms with Crippen molar-refractivity contribution in [2.75, 3.05) is 6.61 Å². The lowest BCUT2D eigenvalue weighted by molar-refractivity contribution is -0.340. The van der Waals surface area contributed by atoms with Crippen LogP contribution in [0.1, 0.15) is 56.7 Å². The highest BCUT2D eigenvalue weighted by Crippen LogP contribution is 2.64. The highest BCUT2D eigenvalue weighted by molar-refractivity contribution is 5.16. The first-order chi connectivity index (χ1) is 20.8. The molecule has 0 radical (unpaired) electrons. The molecule has 6 rings (SSSR count). The van der Waals surface area contributed by atoms with Crippen LogP contribution in [-0.4, -0.2) is 48.5 Å². The van der Waals surface area contributed by atoms with Gasteiger partial charge in [-0.05, 0) is 52.7 Å². The number of hydrogen-bond donors (Lipinski definition) is 1. The quantitative estimate of drug-likeness (QED) is 0.255. The minimum absolute atomic E-state index is 0.00354. The summed E-state index contributed by atoms with van der Waals surface area (Å²) in [7, 11) is 0. The van der Waals surface area contributed by atoms with Crippen molar-refractivity contribution in [1.29, 1.82) is 0 Å². The third-order valence-electron chi connectivity index (χ3n) is 9.99. The maximum atomic E-state index is 11.9. The maximum Gasteiger partial charge on any atom is 0.187 e. The number of hydrogen-bond acceptors (Lipinski definition) is 6. The molecule has 0 aromatic heterocycles. The van der Waals surface area contributed by atoms with Crippen LogP contribution in [0.4, 0.5) is 0 Å². The van der Waals surface area contributed by atoms with E-state index in [9.17, 15) is 5.11 Å². The first kappa shape index (κ1) is 30.4. The average Bonchev–Trinajstić information content (AvgIpc) is 3.51. The summed E-state index contributed by atoms with van der Waals surface area (Å²) < 4.78 is 32.7. The Morgan fingerprint density at radius 1 is 0.744 bits per heavy atom. The average molecular weight is 587 g/mol. The van der Waals surface area contributed by atoms with Crippen molar-refractivity contribution in [1.82, 2.24) is 0 Å². The molecular weight excluding hydrogens is 540 g/mol. The van der Waals surface area contributed by atoms with Gasteiger partial charge >= 0.3 is 0 Å². The van der Waals surface area contributed by atoms with Gasteiger partial charge in [0.25, 0.3) is 0 Å². The maximum absolute atomic E-state index is 11.9. The molecule has 43 heavy (non-hydrogen) atoms. The van der Waals surface area contributed by atoms with Gasteiger partial charge in [0.2, 0.25) is 0 Å². The van der Waals surface area contributed by atoms with Crippen LogP contribution in [0, 0.1) is 16.7 Å². The van der Waals surface area contributed by atoms with E-state index in [2.05, 4.69) is 20.8 Å². The minimum Gasteiger partial charge on any atom is -0.385 e. The van der Waals surface area contributed by atoms with Crippen LogP contribution in [0.5, 0.6) is 0 Å². The van der Waals surface area contributed by atoms with Crippen molar-refractivity contribution < 1.29 is 28.8 Å². The second kappa shape index (κ2) is 13.2. The summed E-state index contributed by atoms with van der Waals surface area (Å²) in [6, 6.07) is 30.2. The van der Waals surface area contributed by atoms with Gasteiger partial charge < -0.3 is 28.8 Å². The summed E-state index contributed by atoms with van der Waals surface area (Å²) in [5.41, 5.74) is 3.21. The highest BCUT2D eigenvalue weighted by atomic mass is 16.7. The topological polar surface area (TPSA) is 66.4 Å². The molecule has 0 amide bonds. The van der Waals surface area contributed by atoms with Crippen molar-refractivity contribution in [2.45, 2.75) is 96.7 Å². The molecule has 2 bridgehead atoms. The summed E-state index contributed by atoms with van der Waals surface area (Å²) in [5.74, 6) is 0.611. The zero-order valence-electron chi connectivity index (χ0n) is 25.6. The second-order valence-corrected chi connectivity index (χ2v) is 13.5. The molecule has 0 spiro atoms. The van der Waals surface area contributed by atoms with Gasteiger partial charge in [-0.2, -0.15) is 0 Å². The molecule has 3 aliphatic rings. The smallest absolute Gasteiger partial charge is 0.187 e. The number of aliphatic hydroxyl groups excluding tert-OH is 1. The molecule has 6 nitrogen and oxygen atoms in total. The fraction of sp³-hybridized carbons (Fsp3) is 0.514. The van der Waals surface area contributed by atoms with Crippen LogP contribution >= 0.6 is 0 Å². The van der Waals surface area contributed by atoms with Crippen molar-refractivity contribution >= 4 is 0 Å². The summed E-state index contributed by atoms with van der Waals surface area (Å²) in [5, 5.41) is 11.9. The third-order valence-corrected chi connectivity index (χ3v) is 9.99. The van der Waals surface area contributed by atoms with Crippen LogP contribution in [0.15, 0.2) is 91.0 Å². The van der Waals surface area contributed by atoms with Crippen molar-refractivity contribution in [3.8, 4) is 0 Å². The second-order valence-electron chi connectivity index (χ2n) is 13.5. The first-order valence-corrected chi connectivity index (χ1v) is 15.8. The Kier molecular flexibility index (Phi) is 9.34. The predicted octanol–water partition coefficient (Wildman–Crippen LogP) is 6.69. The molecular formula is C37H46O6.